The Labute approximate surface area is 320 Å². The Bertz CT molecular complexity index is 1640. The van der Waals surface area contributed by atoms with Gasteiger partial charge in [0, 0.05) is 55.3 Å². The number of hydrogen-bond acceptors (Lipinski definition) is 7. The molecule has 0 saturated carbocycles. The fourth-order valence-corrected chi connectivity index (χ4v) is 9.82. The summed E-state index contributed by atoms with van der Waals surface area (Å²) in [6, 6.07) is 26.4. The normalized spacial score (nSPS) is 25.6. The minimum absolute atomic E-state index is 0.00517. The van der Waals surface area contributed by atoms with E-state index in [2.05, 4.69) is 77.8 Å². The molecule has 10 heteroatoms. The van der Waals surface area contributed by atoms with E-state index in [4.69, 9.17) is 4.74 Å². The number of unbranched alkanes of at least 4 members (excludes halogenated alkanes) is 3. The Kier molecular flexibility index (Phi) is 14.0. The molecular formula is C44H59N3O7. The molecule has 3 N–H and O–H groups in total. The van der Waals surface area contributed by atoms with Crippen molar-refractivity contribution in [2.24, 2.45) is 10.8 Å². The molecule has 10 nitrogen and oxygen atoms in total. The molecule has 4 unspecified atom stereocenters. The van der Waals surface area contributed by atoms with Gasteiger partial charge in [-0.3, -0.25) is 19.7 Å². The summed E-state index contributed by atoms with van der Waals surface area (Å²) < 4.78 is 6.11. The molecule has 0 amide bonds. The zero-order valence-electron chi connectivity index (χ0n) is 32.3. The van der Waals surface area contributed by atoms with Crippen LogP contribution in [0.5, 0.6) is 0 Å². The molecule has 2 saturated heterocycles. The van der Waals surface area contributed by atoms with E-state index >= 15 is 0 Å². The third-order valence-corrected chi connectivity index (χ3v) is 12.7. The third-order valence-electron chi connectivity index (χ3n) is 12.7. The Hall–Kier alpha value is -4.12. The lowest BCUT2D eigenvalue weighted by atomic mass is 9.49. The van der Waals surface area contributed by atoms with Crippen molar-refractivity contribution in [3.63, 3.8) is 0 Å². The number of nitrogens with zero attached hydrogens (tertiary/aromatic N) is 2. The van der Waals surface area contributed by atoms with Crippen molar-refractivity contribution in [3.05, 3.63) is 112 Å². The number of nitro groups is 1. The molecule has 2 aliphatic rings. The fraction of sp³-hybridized carbons (Fsp3) is 0.545. The zero-order valence-corrected chi connectivity index (χ0v) is 32.3. The SMILES string of the molecule is CCCCCCC1(C(=O)O)C(C)NC(C)C(CCCOCCCN2CCC(c3ccccc3)(c3ccccc3)CC2)(C(=O)O)[C@@H]1c1cccc([N+](=O)[O-])c1. The van der Waals surface area contributed by atoms with Crippen LogP contribution in [0.4, 0.5) is 5.69 Å². The minimum atomic E-state index is -1.55. The number of carbonyl (C=O) groups is 2. The number of nitrogens with one attached hydrogen (secondary N) is 1. The number of ether oxygens (including phenoxy) is 1. The predicted molar refractivity (Wildman–Crippen MR) is 211 cm³/mol. The monoisotopic (exact) mass is 741 g/mol. The zero-order chi connectivity index (χ0) is 38.8. The summed E-state index contributed by atoms with van der Waals surface area (Å²) in [5.74, 6) is -3.19. The smallest absolute Gasteiger partial charge is 0.311 e. The van der Waals surface area contributed by atoms with Crippen molar-refractivity contribution in [1.29, 1.82) is 0 Å². The average molecular weight is 742 g/mol. The predicted octanol–water partition coefficient (Wildman–Crippen LogP) is 8.44. The lowest BCUT2D eigenvalue weighted by molar-refractivity contribution is -0.385. The van der Waals surface area contributed by atoms with Crippen LogP contribution in [-0.4, -0.2) is 76.9 Å². The molecular weight excluding hydrogens is 682 g/mol. The summed E-state index contributed by atoms with van der Waals surface area (Å²) in [5.41, 5.74) is -0.127. The Morgan fingerprint density at radius 2 is 1.35 bits per heavy atom. The highest BCUT2D eigenvalue weighted by atomic mass is 16.6. The van der Waals surface area contributed by atoms with Crippen LogP contribution in [0.25, 0.3) is 0 Å². The lowest BCUT2D eigenvalue weighted by Gasteiger charge is -2.57. The quantitative estimate of drug-likeness (QED) is 0.0627. The van der Waals surface area contributed by atoms with Crippen LogP contribution in [0.2, 0.25) is 0 Å². The lowest BCUT2D eigenvalue weighted by Crippen LogP contribution is -2.69. The molecule has 0 aliphatic carbocycles. The van der Waals surface area contributed by atoms with E-state index in [-0.39, 0.29) is 23.9 Å². The summed E-state index contributed by atoms with van der Waals surface area (Å²) >= 11 is 0. The maximum atomic E-state index is 13.6. The topological polar surface area (TPSA) is 142 Å². The van der Waals surface area contributed by atoms with Gasteiger partial charge < -0.3 is 25.2 Å². The van der Waals surface area contributed by atoms with Crippen molar-refractivity contribution in [2.75, 3.05) is 32.8 Å². The first kappa shape index (κ1) is 41.1. The molecule has 0 spiro atoms. The van der Waals surface area contributed by atoms with Crippen LogP contribution in [0, 0.1) is 20.9 Å². The van der Waals surface area contributed by atoms with E-state index in [9.17, 15) is 29.9 Å². The average Bonchev–Trinajstić information content (AvgIpc) is 3.18. The number of nitro benzene ring substituents is 1. The van der Waals surface area contributed by atoms with Gasteiger partial charge in [0.25, 0.3) is 5.69 Å². The van der Waals surface area contributed by atoms with Crippen LogP contribution in [0.15, 0.2) is 84.9 Å². The highest BCUT2D eigenvalue weighted by Crippen LogP contribution is 2.59. The number of non-ortho nitro benzene ring substituents is 1. The van der Waals surface area contributed by atoms with Gasteiger partial charge in [-0.2, -0.15) is 0 Å². The maximum Gasteiger partial charge on any atom is 0.311 e. The Morgan fingerprint density at radius 3 is 1.89 bits per heavy atom. The molecule has 3 aromatic rings. The van der Waals surface area contributed by atoms with E-state index in [1.165, 1.54) is 29.3 Å². The van der Waals surface area contributed by atoms with Crippen LogP contribution in [0.1, 0.15) is 108 Å². The maximum absolute atomic E-state index is 13.6. The van der Waals surface area contributed by atoms with Gasteiger partial charge in [0.2, 0.25) is 0 Å². The van der Waals surface area contributed by atoms with Gasteiger partial charge in [-0.25, -0.2) is 0 Å². The first-order valence-corrected chi connectivity index (χ1v) is 19.9. The van der Waals surface area contributed by atoms with E-state index in [0.717, 1.165) is 58.2 Å². The van der Waals surface area contributed by atoms with Gasteiger partial charge in [-0.1, -0.05) is 105 Å². The van der Waals surface area contributed by atoms with Crippen LogP contribution < -0.4 is 5.32 Å². The first-order valence-electron chi connectivity index (χ1n) is 19.9. The number of piperidine rings is 2. The molecule has 2 heterocycles. The summed E-state index contributed by atoms with van der Waals surface area (Å²) in [6.45, 7) is 9.45. The number of likely N-dealkylation sites (tertiary alicyclic amines) is 1. The molecule has 0 radical (unpaired) electrons. The first-order chi connectivity index (χ1) is 26.0. The van der Waals surface area contributed by atoms with Crippen molar-refractivity contribution in [2.45, 2.75) is 108 Å². The number of hydrogen-bond donors (Lipinski definition) is 3. The Balaban J connectivity index is 1.25. The molecule has 0 bridgehead atoms. The van der Waals surface area contributed by atoms with Crippen molar-refractivity contribution >= 4 is 17.6 Å². The van der Waals surface area contributed by atoms with Gasteiger partial charge in [0.05, 0.1) is 15.8 Å². The van der Waals surface area contributed by atoms with Crippen molar-refractivity contribution in [1.82, 2.24) is 10.2 Å². The standard InChI is InChI=1S/C44H59N3O7/c1-4-5-6-13-23-43(40(48)49)33(2)45-34(3)44(41(50)51,39(43)35-17-14-22-38(32-35)47(52)53)24-15-30-54-31-16-27-46-28-25-42(26-29-46,36-18-9-7-10-19-36)37-20-11-8-12-21-37/h7-12,14,17-22,32-34,39,45H,4-6,13,15-16,23-31H2,1-3H3,(H,48,49)(H,50,51)/t33?,34?,39-,43?,44?/m1/s1. The Morgan fingerprint density at radius 1 is 0.796 bits per heavy atom. The highest BCUT2D eigenvalue weighted by Gasteiger charge is 2.66. The van der Waals surface area contributed by atoms with Gasteiger partial charge in [-0.15, -0.1) is 0 Å². The third kappa shape index (κ3) is 8.41. The summed E-state index contributed by atoms with van der Waals surface area (Å²) in [5, 5.41) is 37.5. The molecule has 54 heavy (non-hydrogen) atoms. The number of benzene rings is 3. The minimum Gasteiger partial charge on any atom is -0.481 e. The largest absolute Gasteiger partial charge is 0.481 e. The van der Waals surface area contributed by atoms with Gasteiger partial charge >= 0.3 is 11.9 Å². The molecule has 5 rings (SSSR count). The number of carboxylic acids is 2. The van der Waals surface area contributed by atoms with Gasteiger partial charge in [-0.05, 0) is 82.2 Å². The number of aliphatic carboxylic acids is 2. The van der Waals surface area contributed by atoms with Crippen LogP contribution in [-0.2, 0) is 19.7 Å². The second-order valence-corrected chi connectivity index (χ2v) is 15.6. The van der Waals surface area contributed by atoms with Crippen LogP contribution in [0.3, 0.4) is 0 Å². The second-order valence-electron chi connectivity index (χ2n) is 15.6. The van der Waals surface area contributed by atoms with Crippen molar-refractivity contribution < 1.29 is 29.5 Å². The van der Waals surface area contributed by atoms with Crippen molar-refractivity contribution in [3.8, 4) is 0 Å². The van der Waals surface area contributed by atoms with Crippen LogP contribution >= 0.6 is 0 Å². The van der Waals surface area contributed by atoms with E-state index < -0.39 is 45.7 Å². The molecule has 0 aromatic heterocycles. The van der Waals surface area contributed by atoms with Gasteiger partial charge in [0.1, 0.15) is 0 Å². The molecule has 2 aliphatic heterocycles. The second kappa shape index (κ2) is 18.5. The number of rotatable bonds is 19. The summed E-state index contributed by atoms with van der Waals surface area (Å²) in [4.78, 5) is 41.0. The molecule has 5 atom stereocenters. The summed E-state index contributed by atoms with van der Waals surface area (Å²) in [7, 11) is 0. The molecule has 2 fully saturated rings. The highest BCUT2D eigenvalue weighted by molar-refractivity contribution is 5.84. The number of carboxylic acid groups (broad SMARTS) is 2. The fourth-order valence-electron chi connectivity index (χ4n) is 9.82. The van der Waals surface area contributed by atoms with E-state index in [0.29, 0.717) is 31.6 Å². The van der Waals surface area contributed by atoms with Gasteiger partial charge in [0.15, 0.2) is 0 Å². The molecule has 292 valence electrons. The summed E-state index contributed by atoms with van der Waals surface area (Å²) in [6.07, 6.45) is 7.09. The van der Waals surface area contributed by atoms with E-state index in [1.54, 1.807) is 6.07 Å². The molecule has 3 aromatic carbocycles. The van der Waals surface area contributed by atoms with E-state index in [1.807, 2.05) is 13.8 Å².